The third kappa shape index (κ3) is 1.93. The van der Waals surface area contributed by atoms with Crippen LogP contribution in [0.25, 0.3) is 5.52 Å². The van der Waals surface area contributed by atoms with Crippen molar-refractivity contribution in [2.24, 2.45) is 0 Å². The Balaban J connectivity index is 1.79. The molecule has 21 heavy (non-hydrogen) atoms. The highest BCUT2D eigenvalue weighted by Gasteiger charge is 2.30. The van der Waals surface area contributed by atoms with Crippen LogP contribution >= 0.6 is 0 Å². The molecule has 0 aliphatic heterocycles. The Hall–Kier alpha value is -2.56. The van der Waals surface area contributed by atoms with Crippen LogP contribution in [-0.2, 0) is 6.42 Å². The molecule has 1 unspecified atom stereocenters. The van der Waals surface area contributed by atoms with E-state index in [0.29, 0.717) is 5.56 Å². The van der Waals surface area contributed by atoms with Gasteiger partial charge in [0.15, 0.2) is 5.78 Å². The Kier molecular flexibility index (Phi) is 2.77. The van der Waals surface area contributed by atoms with E-state index in [1.54, 1.807) is 35.5 Å². The zero-order valence-corrected chi connectivity index (χ0v) is 11.4. The van der Waals surface area contributed by atoms with Crippen molar-refractivity contribution in [3.63, 3.8) is 0 Å². The summed E-state index contributed by atoms with van der Waals surface area (Å²) in [5.41, 5.74) is 3.51. The molecule has 3 aromatic heterocycles. The van der Waals surface area contributed by atoms with E-state index < -0.39 is 0 Å². The molecule has 1 atom stereocenters. The first-order valence-electron chi connectivity index (χ1n) is 7.10. The number of carbonyl (C=O) groups is 1. The molecule has 0 radical (unpaired) electrons. The van der Waals surface area contributed by atoms with Crippen molar-refractivity contribution >= 4 is 11.3 Å². The monoisotopic (exact) mass is 278 g/mol. The van der Waals surface area contributed by atoms with Gasteiger partial charge in [-0.15, -0.1) is 0 Å². The quantitative estimate of drug-likeness (QED) is 0.675. The average molecular weight is 278 g/mol. The fourth-order valence-electron chi connectivity index (χ4n) is 3.08. The summed E-state index contributed by atoms with van der Waals surface area (Å²) >= 11 is 0. The Labute approximate surface area is 121 Å². The van der Waals surface area contributed by atoms with Gasteiger partial charge in [-0.05, 0) is 30.9 Å². The van der Waals surface area contributed by atoms with Crippen LogP contribution in [0.5, 0.6) is 0 Å². The number of fused-ring (bicyclic) bond motifs is 2. The molecule has 3 aromatic rings. The van der Waals surface area contributed by atoms with Crippen LogP contribution in [0.4, 0.5) is 0 Å². The maximum Gasteiger partial charge on any atom is 0.175 e. The minimum atomic E-state index is -0.164. The molecule has 1 aliphatic rings. The second kappa shape index (κ2) is 4.77. The lowest BCUT2D eigenvalue weighted by atomic mass is 9.82. The number of aryl methyl sites for hydroxylation is 1. The van der Waals surface area contributed by atoms with Crippen LogP contribution in [-0.4, -0.2) is 25.4 Å². The third-order valence-corrected chi connectivity index (χ3v) is 4.10. The zero-order valence-electron chi connectivity index (χ0n) is 11.4. The highest BCUT2D eigenvalue weighted by molar-refractivity contribution is 6.06. The van der Waals surface area contributed by atoms with Crippen LogP contribution in [0.3, 0.4) is 0 Å². The number of aromatic nitrogens is 4. The van der Waals surface area contributed by atoms with Gasteiger partial charge < -0.3 is 0 Å². The Morgan fingerprint density at radius 1 is 1.29 bits per heavy atom. The van der Waals surface area contributed by atoms with Gasteiger partial charge in [0, 0.05) is 18.6 Å². The molecule has 0 saturated carbocycles. The summed E-state index contributed by atoms with van der Waals surface area (Å²) in [7, 11) is 0. The summed E-state index contributed by atoms with van der Waals surface area (Å²) in [4.78, 5) is 21.5. The van der Waals surface area contributed by atoms with Crippen molar-refractivity contribution in [3.8, 4) is 0 Å². The molecule has 1 aliphatic carbocycles. The molecule has 3 heterocycles. The topological polar surface area (TPSA) is 60.2 Å². The molecular weight excluding hydrogens is 264 g/mol. The van der Waals surface area contributed by atoms with Crippen molar-refractivity contribution in [2.75, 3.05) is 0 Å². The average Bonchev–Trinajstić information content (AvgIpc) is 2.98. The van der Waals surface area contributed by atoms with Crippen LogP contribution in [0.1, 0.15) is 40.4 Å². The number of nitrogens with zero attached hydrogens (tertiary/aromatic N) is 4. The third-order valence-electron chi connectivity index (χ3n) is 4.10. The number of carbonyl (C=O) groups excluding carboxylic acids is 1. The molecule has 0 aromatic carbocycles. The SMILES string of the molecule is O=C(c1cnn2ccncc12)C1CCCc2cccnc21. The van der Waals surface area contributed by atoms with E-state index in [2.05, 4.69) is 21.1 Å². The Morgan fingerprint density at radius 2 is 2.24 bits per heavy atom. The summed E-state index contributed by atoms with van der Waals surface area (Å²) in [6.07, 6.45) is 11.4. The lowest BCUT2D eigenvalue weighted by Crippen LogP contribution is -2.20. The highest BCUT2D eigenvalue weighted by atomic mass is 16.1. The largest absolute Gasteiger partial charge is 0.293 e. The fraction of sp³-hybridized carbons (Fsp3) is 0.250. The molecule has 0 amide bonds. The highest BCUT2D eigenvalue weighted by Crippen LogP contribution is 2.33. The first-order chi connectivity index (χ1) is 10.3. The van der Waals surface area contributed by atoms with Crippen molar-refractivity contribution in [1.82, 2.24) is 19.6 Å². The van der Waals surface area contributed by atoms with Gasteiger partial charge in [0.05, 0.1) is 35.1 Å². The minimum Gasteiger partial charge on any atom is -0.293 e. The molecule has 4 rings (SSSR count). The van der Waals surface area contributed by atoms with Gasteiger partial charge in [-0.25, -0.2) is 4.52 Å². The first-order valence-corrected chi connectivity index (χ1v) is 7.10. The zero-order chi connectivity index (χ0) is 14.2. The number of hydrogen-bond acceptors (Lipinski definition) is 4. The molecule has 0 spiro atoms. The molecule has 104 valence electrons. The van der Waals surface area contributed by atoms with E-state index in [4.69, 9.17) is 0 Å². The van der Waals surface area contributed by atoms with Gasteiger partial charge in [0.2, 0.25) is 0 Å². The predicted octanol–water partition coefficient (Wildman–Crippen LogP) is 2.43. The Bertz CT molecular complexity index is 824. The van der Waals surface area contributed by atoms with Crippen molar-refractivity contribution in [1.29, 1.82) is 0 Å². The van der Waals surface area contributed by atoms with Gasteiger partial charge >= 0.3 is 0 Å². The van der Waals surface area contributed by atoms with Crippen molar-refractivity contribution in [2.45, 2.75) is 25.2 Å². The van der Waals surface area contributed by atoms with E-state index in [0.717, 1.165) is 30.5 Å². The van der Waals surface area contributed by atoms with Gasteiger partial charge in [-0.1, -0.05) is 6.07 Å². The lowest BCUT2D eigenvalue weighted by molar-refractivity contribution is 0.0950. The normalized spacial score (nSPS) is 17.6. The van der Waals surface area contributed by atoms with Gasteiger partial charge in [0.1, 0.15) is 0 Å². The summed E-state index contributed by atoms with van der Waals surface area (Å²) < 4.78 is 1.68. The predicted molar refractivity (Wildman–Crippen MR) is 77.2 cm³/mol. The van der Waals surface area contributed by atoms with Gasteiger partial charge in [-0.3, -0.25) is 14.8 Å². The molecule has 5 heteroatoms. The maximum absolute atomic E-state index is 12.9. The molecule has 0 bridgehead atoms. The molecule has 5 nitrogen and oxygen atoms in total. The van der Waals surface area contributed by atoms with Crippen molar-refractivity contribution in [3.05, 3.63) is 59.9 Å². The van der Waals surface area contributed by atoms with E-state index in [1.165, 1.54) is 5.56 Å². The number of pyridine rings is 1. The fourth-order valence-corrected chi connectivity index (χ4v) is 3.08. The Morgan fingerprint density at radius 3 is 3.19 bits per heavy atom. The number of Topliss-reactive ketones (excluding diaryl/α,β-unsaturated/α-hetero) is 1. The second-order valence-corrected chi connectivity index (χ2v) is 5.32. The summed E-state index contributed by atoms with van der Waals surface area (Å²) in [5.74, 6) is -0.0687. The van der Waals surface area contributed by atoms with Crippen molar-refractivity contribution < 1.29 is 4.79 Å². The summed E-state index contributed by atoms with van der Waals surface area (Å²) in [6, 6.07) is 4.00. The summed E-state index contributed by atoms with van der Waals surface area (Å²) in [5, 5.41) is 4.23. The smallest absolute Gasteiger partial charge is 0.175 e. The van der Waals surface area contributed by atoms with Crippen LogP contribution < -0.4 is 0 Å². The second-order valence-electron chi connectivity index (χ2n) is 5.32. The van der Waals surface area contributed by atoms with Gasteiger partial charge in [0.25, 0.3) is 0 Å². The van der Waals surface area contributed by atoms with E-state index in [9.17, 15) is 4.79 Å². The first kappa shape index (κ1) is 12.2. The maximum atomic E-state index is 12.9. The molecule has 0 fully saturated rings. The van der Waals surface area contributed by atoms with Crippen LogP contribution in [0.15, 0.2) is 43.1 Å². The molecule has 0 saturated heterocycles. The van der Waals surface area contributed by atoms with Gasteiger partial charge in [-0.2, -0.15) is 5.10 Å². The standard InChI is InChI=1S/C16H14N4O/c21-16(13-9-19-20-8-7-17-10-14(13)20)12-5-1-3-11-4-2-6-18-15(11)12/h2,4,6-10,12H,1,3,5H2. The number of hydrogen-bond donors (Lipinski definition) is 0. The minimum absolute atomic E-state index is 0.0950. The number of ketones is 1. The van der Waals surface area contributed by atoms with E-state index >= 15 is 0 Å². The number of rotatable bonds is 2. The van der Waals surface area contributed by atoms with Crippen LogP contribution in [0.2, 0.25) is 0 Å². The molecular formula is C16H14N4O. The van der Waals surface area contributed by atoms with E-state index in [1.807, 2.05) is 6.07 Å². The summed E-state index contributed by atoms with van der Waals surface area (Å²) in [6.45, 7) is 0. The van der Waals surface area contributed by atoms with E-state index in [-0.39, 0.29) is 11.7 Å². The lowest BCUT2D eigenvalue weighted by Gasteiger charge is -2.22. The molecule has 0 N–H and O–H groups in total. The van der Waals surface area contributed by atoms with Crippen LogP contribution in [0, 0.1) is 0 Å².